The van der Waals surface area contributed by atoms with Gasteiger partial charge in [-0.25, -0.2) is 4.98 Å². The van der Waals surface area contributed by atoms with Gasteiger partial charge in [-0.05, 0) is 46.5 Å². The molecular weight excluding hydrogens is 365 g/mol. The number of pyridine rings is 1. The van der Waals surface area contributed by atoms with Crippen LogP contribution in [0.4, 0.5) is 0 Å². The Kier molecular flexibility index (Phi) is 3.04. The van der Waals surface area contributed by atoms with Crippen LogP contribution in [0.25, 0.3) is 5.65 Å². The van der Waals surface area contributed by atoms with Gasteiger partial charge in [0.2, 0.25) is 5.16 Å². The predicted molar refractivity (Wildman–Crippen MR) is 74.7 cm³/mol. The Morgan fingerprint density at radius 1 is 1.33 bits per heavy atom. The molecular formula is C10H6IN5OS. The second kappa shape index (κ2) is 4.69. The zero-order chi connectivity index (χ0) is 12.5. The standard InChI is InChI=1S/C10H6IN5OS/c11-7-8(17)12-5-13-9(7)18-10-15-14-6-3-1-2-4-16(6)10/h1-5H,(H,12,13,17). The molecule has 0 aliphatic heterocycles. The van der Waals surface area contributed by atoms with E-state index in [1.165, 1.54) is 18.1 Å². The maximum atomic E-state index is 11.5. The number of nitrogens with one attached hydrogen (secondary N) is 1. The van der Waals surface area contributed by atoms with Crippen molar-refractivity contribution >= 4 is 40.0 Å². The molecule has 1 N–H and O–H groups in total. The van der Waals surface area contributed by atoms with Gasteiger partial charge in [0.1, 0.15) is 8.60 Å². The molecule has 0 bridgehead atoms. The molecule has 0 atom stereocenters. The second-order valence-corrected chi connectivity index (χ2v) is 5.40. The molecule has 0 aliphatic rings. The highest BCUT2D eigenvalue weighted by molar-refractivity contribution is 14.1. The summed E-state index contributed by atoms with van der Waals surface area (Å²) in [5.41, 5.74) is 0.613. The Labute approximate surface area is 119 Å². The van der Waals surface area contributed by atoms with E-state index in [1.54, 1.807) is 0 Å². The molecule has 0 aliphatic carbocycles. The minimum atomic E-state index is -0.151. The first-order chi connectivity index (χ1) is 8.75. The van der Waals surface area contributed by atoms with Gasteiger partial charge in [-0.3, -0.25) is 9.20 Å². The highest BCUT2D eigenvalue weighted by Crippen LogP contribution is 2.26. The molecule has 3 aromatic heterocycles. The van der Waals surface area contributed by atoms with Gasteiger partial charge < -0.3 is 4.98 Å². The van der Waals surface area contributed by atoms with Crippen molar-refractivity contribution in [3.8, 4) is 0 Å². The lowest BCUT2D eigenvalue weighted by atomic mass is 10.5. The van der Waals surface area contributed by atoms with Crippen molar-refractivity contribution in [1.29, 1.82) is 0 Å². The fourth-order valence-corrected chi connectivity index (χ4v) is 2.83. The molecule has 0 spiro atoms. The summed E-state index contributed by atoms with van der Waals surface area (Å²) >= 11 is 3.28. The van der Waals surface area contributed by atoms with E-state index in [2.05, 4.69) is 20.2 Å². The fourth-order valence-electron chi connectivity index (χ4n) is 1.41. The van der Waals surface area contributed by atoms with E-state index in [-0.39, 0.29) is 5.56 Å². The molecule has 0 aromatic carbocycles. The van der Waals surface area contributed by atoms with Crippen LogP contribution in [-0.4, -0.2) is 24.6 Å². The highest BCUT2D eigenvalue weighted by atomic mass is 127. The zero-order valence-electron chi connectivity index (χ0n) is 8.87. The normalized spacial score (nSPS) is 10.9. The topological polar surface area (TPSA) is 75.9 Å². The lowest BCUT2D eigenvalue weighted by Crippen LogP contribution is -2.11. The maximum Gasteiger partial charge on any atom is 0.265 e. The molecule has 0 saturated carbocycles. The summed E-state index contributed by atoms with van der Waals surface area (Å²) < 4.78 is 2.40. The van der Waals surface area contributed by atoms with Crippen molar-refractivity contribution in [3.05, 3.63) is 44.6 Å². The van der Waals surface area contributed by atoms with Crippen molar-refractivity contribution in [2.75, 3.05) is 0 Å². The zero-order valence-corrected chi connectivity index (χ0v) is 11.8. The van der Waals surface area contributed by atoms with Crippen LogP contribution in [0.2, 0.25) is 0 Å². The summed E-state index contributed by atoms with van der Waals surface area (Å²) in [7, 11) is 0. The number of H-pyrrole nitrogens is 1. The minimum absolute atomic E-state index is 0.151. The van der Waals surface area contributed by atoms with E-state index < -0.39 is 0 Å². The van der Waals surface area contributed by atoms with E-state index in [0.717, 1.165) is 5.65 Å². The highest BCUT2D eigenvalue weighted by Gasteiger charge is 2.11. The van der Waals surface area contributed by atoms with Crippen molar-refractivity contribution in [1.82, 2.24) is 24.6 Å². The first kappa shape index (κ1) is 11.7. The van der Waals surface area contributed by atoms with Gasteiger partial charge in [-0.1, -0.05) is 6.07 Å². The average molecular weight is 371 g/mol. The van der Waals surface area contributed by atoms with E-state index in [1.807, 2.05) is 51.4 Å². The van der Waals surface area contributed by atoms with Gasteiger partial charge in [-0.15, -0.1) is 10.2 Å². The SMILES string of the molecule is O=c1[nH]cnc(Sc2nnc3ccccn23)c1I. The molecule has 0 saturated heterocycles. The Morgan fingerprint density at radius 3 is 3.11 bits per heavy atom. The molecule has 18 heavy (non-hydrogen) atoms. The average Bonchev–Trinajstić information content (AvgIpc) is 2.79. The molecule has 8 heteroatoms. The van der Waals surface area contributed by atoms with Crippen molar-refractivity contribution in [2.45, 2.75) is 10.2 Å². The number of hydrogen-bond acceptors (Lipinski definition) is 5. The number of fused-ring (bicyclic) bond motifs is 1. The number of hydrogen-bond donors (Lipinski definition) is 1. The van der Waals surface area contributed by atoms with E-state index in [9.17, 15) is 4.79 Å². The van der Waals surface area contributed by atoms with Crippen LogP contribution in [0.1, 0.15) is 0 Å². The number of rotatable bonds is 2. The number of aromatic nitrogens is 5. The Hall–Kier alpha value is -1.42. The summed E-state index contributed by atoms with van der Waals surface area (Å²) in [5.74, 6) is 0. The van der Waals surface area contributed by atoms with Crippen molar-refractivity contribution in [3.63, 3.8) is 0 Å². The van der Waals surface area contributed by atoms with Crippen LogP contribution in [-0.2, 0) is 0 Å². The minimum Gasteiger partial charge on any atom is -0.312 e. The van der Waals surface area contributed by atoms with Gasteiger partial charge in [0.15, 0.2) is 5.65 Å². The van der Waals surface area contributed by atoms with Gasteiger partial charge in [0, 0.05) is 6.20 Å². The Balaban J connectivity index is 2.07. The number of halogens is 1. The molecule has 0 fully saturated rings. The molecule has 3 heterocycles. The summed E-state index contributed by atoms with van der Waals surface area (Å²) in [4.78, 5) is 18.1. The Bertz CT molecular complexity index is 768. The second-order valence-electron chi connectivity index (χ2n) is 3.36. The molecule has 90 valence electrons. The third-order valence-electron chi connectivity index (χ3n) is 2.23. The van der Waals surface area contributed by atoms with Gasteiger partial charge in [0.25, 0.3) is 5.56 Å². The fraction of sp³-hybridized carbons (Fsp3) is 0. The summed E-state index contributed by atoms with van der Waals surface area (Å²) in [6.07, 6.45) is 3.26. The van der Waals surface area contributed by atoms with Crippen LogP contribution in [0.15, 0.2) is 45.7 Å². The van der Waals surface area contributed by atoms with Gasteiger partial charge in [-0.2, -0.15) is 0 Å². The number of nitrogens with zero attached hydrogens (tertiary/aromatic N) is 4. The Morgan fingerprint density at radius 2 is 2.22 bits per heavy atom. The van der Waals surface area contributed by atoms with Gasteiger partial charge >= 0.3 is 0 Å². The molecule has 3 rings (SSSR count). The van der Waals surface area contributed by atoms with Gasteiger partial charge in [0.05, 0.1) is 6.33 Å². The smallest absolute Gasteiger partial charge is 0.265 e. The molecule has 0 radical (unpaired) electrons. The lowest BCUT2D eigenvalue weighted by Gasteiger charge is -2.00. The number of aromatic amines is 1. The van der Waals surface area contributed by atoms with E-state index >= 15 is 0 Å². The van der Waals surface area contributed by atoms with Crippen LogP contribution in [0.3, 0.4) is 0 Å². The quantitative estimate of drug-likeness (QED) is 0.547. The third kappa shape index (κ3) is 2.01. The molecule has 0 amide bonds. The van der Waals surface area contributed by atoms with Crippen LogP contribution < -0.4 is 5.56 Å². The summed E-state index contributed by atoms with van der Waals surface area (Å²) in [6.45, 7) is 0. The van der Waals surface area contributed by atoms with Crippen LogP contribution in [0, 0.1) is 3.57 Å². The largest absolute Gasteiger partial charge is 0.312 e. The maximum absolute atomic E-state index is 11.5. The predicted octanol–water partition coefficient (Wildman–Crippen LogP) is 1.57. The van der Waals surface area contributed by atoms with Crippen LogP contribution >= 0.6 is 34.4 Å². The van der Waals surface area contributed by atoms with Crippen molar-refractivity contribution in [2.24, 2.45) is 0 Å². The first-order valence-electron chi connectivity index (χ1n) is 4.96. The monoisotopic (exact) mass is 371 g/mol. The van der Waals surface area contributed by atoms with E-state index in [0.29, 0.717) is 13.8 Å². The third-order valence-corrected chi connectivity index (χ3v) is 4.57. The summed E-state index contributed by atoms with van der Waals surface area (Å²) in [5, 5.41) is 9.43. The van der Waals surface area contributed by atoms with E-state index in [4.69, 9.17) is 0 Å². The molecule has 0 unspecified atom stereocenters. The molecule has 6 nitrogen and oxygen atoms in total. The molecule has 3 aromatic rings. The van der Waals surface area contributed by atoms with Crippen LogP contribution in [0.5, 0.6) is 0 Å². The first-order valence-corrected chi connectivity index (χ1v) is 6.86. The summed E-state index contributed by atoms with van der Waals surface area (Å²) in [6, 6.07) is 5.66. The van der Waals surface area contributed by atoms with Crippen molar-refractivity contribution < 1.29 is 0 Å². The lowest BCUT2D eigenvalue weighted by molar-refractivity contribution is 0.909.